The summed E-state index contributed by atoms with van der Waals surface area (Å²) < 4.78 is 59.8. The van der Waals surface area contributed by atoms with Gasteiger partial charge in [0.05, 0.1) is 73.8 Å². The molecule has 0 aromatic carbocycles. The first-order chi connectivity index (χ1) is 25.1. The van der Waals surface area contributed by atoms with Crippen molar-refractivity contribution in [1.82, 2.24) is 0 Å². The fourth-order valence-electron chi connectivity index (χ4n) is 11.3. The lowest BCUT2D eigenvalue weighted by molar-refractivity contribution is -0.292. The van der Waals surface area contributed by atoms with Gasteiger partial charge in [-0.1, -0.05) is 20.1 Å². The number of fused-ring (bicyclic) bond motifs is 6. The van der Waals surface area contributed by atoms with Crippen LogP contribution in [0.4, 0.5) is 0 Å². The van der Waals surface area contributed by atoms with Crippen LogP contribution >= 0.6 is 0 Å². The number of aliphatic hydroxyl groups excluding tert-OH is 2. The number of aliphatic hydroxyl groups is 2. The Morgan fingerprint density at radius 1 is 0.788 bits per heavy atom. The van der Waals surface area contributed by atoms with E-state index in [0.717, 1.165) is 49.7 Å². The van der Waals surface area contributed by atoms with Crippen molar-refractivity contribution in [2.24, 2.45) is 11.8 Å². The molecule has 12 nitrogen and oxygen atoms in total. The van der Waals surface area contributed by atoms with E-state index in [-0.39, 0.29) is 123 Å². The zero-order valence-electron chi connectivity index (χ0n) is 30.7. The molecule has 6 unspecified atom stereocenters. The second-order valence-corrected chi connectivity index (χ2v) is 17.4. The first-order valence-electron chi connectivity index (χ1n) is 20.1. The summed E-state index contributed by atoms with van der Waals surface area (Å²) in [4.78, 5) is 14.0. The summed E-state index contributed by atoms with van der Waals surface area (Å²) in [5, 5.41) is 20.1. The van der Waals surface area contributed by atoms with Gasteiger partial charge in [0, 0.05) is 51.6 Å². The van der Waals surface area contributed by atoms with Gasteiger partial charge in [0.15, 0.2) is 5.79 Å². The number of hydrogen-bond acceptors (Lipinski definition) is 12. The number of hydrogen-bond donors (Lipinski definition) is 2. The third-order valence-electron chi connectivity index (χ3n) is 13.9. The molecule has 19 atom stereocenters. The lowest BCUT2D eigenvalue weighted by Gasteiger charge is -2.47. The molecular weight excluding hydrogens is 672 g/mol. The second kappa shape index (κ2) is 14.3. The molecule has 0 aliphatic carbocycles. The number of Topliss-reactive ketones (excluding diaryl/α,β-unsaturated/α-hetero) is 1. The lowest BCUT2D eigenvalue weighted by atomic mass is 9.81. The van der Waals surface area contributed by atoms with Crippen LogP contribution in [0.3, 0.4) is 0 Å². The van der Waals surface area contributed by atoms with E-state index in [4.69, 9.17) is 42.6 Å². The molecule has 2 N–H and O–H groups in total. The zero-order valence-corrected chi connectivity index (χ0v) is 30.7. The smallest absolute Gasteiger partial charge is 0.172 e. The lowest BCUT2D eigenvalue weighted by Crippen LogP contribution is -2.61. The van der Waals surface area contributed by atoms with Gasteiger partial charge in [0.25, 0.3) is 0 Å². The Balaban J connectivity index is 0.994. The van der Waals surface area contributed by atoms with Crippen LogP contribution in [0.25, 0.3) is 0 Å². The molecule has 0 saturated carbocycles. The molecule has 290 valence electrons. The Hall–Kier alpha value is -1.29. The molecule has 0 aromatic rings. The molecule has 12 bridgehead atoms. The number of rotatable bonds is 4. The van der Waals surface area contributed by atoms with Crippen molar-refractivity contribution in [2.75, 3.05) is 13.7 Å². The van der Waals surface area contributed by atoms with Crippen LogP contribution in [-0.4, -0.2) is 133 Å². The van der Waals surface area contributed by atoms with Gasteiger partial charge < -0.3 is 52.8 Å². The van der Waals surface area contributed by atoms with Gasteiger partial charge in [-0.25, -0.2) is 0 Å². The Kier molecular flexibility index (Phi) is 10.0. The number of ketones is 1. The van der Waals surface area contributed by atoms with Crippen molar-refractivity contribution in [1.29, 1.82) is 0 Å². The van der Waals surface area contributed by atoms with Gasteiger partial charge >= 0.3 is 0 Å². The standard InChI is InChI=1S/C40H58O12/c1-19-11-24-5-7-28-20(2)12-26(45-28)9-10-40-17-33-36(51-40)37-38(50-33)39(52-40)35-29(49-37)8-6-25(47-35)13-22(42)14-27-31(16-30(46-24)21(19)3)48-32(34(27)44-4)15-23(43)18-41/h19,23-39,41,43H,2-3,5-18H2,1,4H3/t19-,23+,24+,25?,26?,27?,28?,29+,30?,31+,32?,33-,34-,35+,36+,37+,38-,39+,40+/m1/s1. The summed E-state index contributed by atoms with van der Waals surface area (Å²) in [7, 11) is 1.63. The Labute approximate surface area is 306 Å². The van der Waals surface area contributed by atoms with E-state index in [1.54, 1.807) is 7.11 Å². The SMILES string of the molecule is C=C1CC2CC[C@@]34C[C@H]5O[C@H]6[C@@H](O3)[C@H]3OC(CC[C@@H]3O[C@H]6[C@H]5O4)CC(=O)CC3[C@@H](OC)C(C[C@H](O)CO)O[C@H]3CC3O[C@@H](CCC1O2)C[C@@H](C)C3=C. The van der Waals surface area contributed by atoms with Crippen molar-refractivity contribution in [2.45, 2.75) is 194 Å². The molecule has 0 radical (unpaired) electrons. The molecule has 10 aliphatic rings. The van der Waals surface area contributed by atoms with Gasteiger partial charge in [-0.3, -0.25) is 4.79 Å². The summed E-state index contributed by atoms with van der Waals surface area (Å²) in [6.45, 7) is 10.7. The molecule has 12 heteroatoms. The van der Waals surface area contributed by atoms with Crippen LogP contribution in [0.2, 0.25) is 0 Å². The topological polar surface area (TPSA) is 141 Å². The van der Waals surface area contributed by atoms with Gasteiger partial charge in [-0.05, 0) is 62.0 Å². The molecule has 10 saturated heterocycles. The van der Waals surface area contributed by atoms with Crippen LogP contribution < -0.4 is 0 Å². The molecule has 52 heavy (non-hydrogen) atoms. The number of methoxy groups -OCH3 is 1. The van der Waals surface area contributed by atoms with E-state index in [9.17, 15) is 15.0 Å². The van der Waals surface area contributed by atoms with Gasteiger partial charge in [0.2, 0.25) is 0 Å². The number of carbonyl (C=O) groups is 1. The van der Waals surface area contributed by atoms with Gasteiger partial charge in [0.1, 0.15) is 36.3 Å². The first kappa shape index (κ1) is 36.4. The summed E-state index contributed by atoms with van der Waals surface area (Å²) in [5.74, 6) is -0.709. The predicted molar refractivity (Wildman–Crippen MR) is 184 cm³/mol. The third-order valence-corrected chi connectivity index (χ3v) is 13.9. The fourth-order valence-corrected chi connectivity index (χ4v) is 11.3. The molecule has 10 rings (SSSR count). The van der Waals surface area contributed by atoms with E-state index >= 15 is 0 Å². The third kappa shape index (κ3) is 6.59. The Morgan fingerprint density at radius 2 is 1.54 bits per heavy atom. The summed E-state index contributed by atoms with van der Waals surface area (Å²) >= 11 is 0. The van der Waals surface area contributed by atoms with Crippen molar-refractivity contribution in [3.8, 4) is 0 Å². The van der Waals surface area contributed by atoms with Crippen LogP contribution in [0.15, 0.2) is 24.3 Å². The highest BCUT2D eigenvalue weighted by Crippen LogP contribution is 2.54. The second-order valence-electron chi connectivity index (χ2n) is 17.4. The maximum atomic E-state index is 14.0. The van der Waals surface area contributed by atoms with Gasteiger partial charge in [-0.2, -0.15) is 0 Å². The highest BCUT2D eigenvalue weighted by molar-refractivity contribution is 5.79. The average Bonchev–Trinajstić information content (AvgIpc) is 3.79. The van der Waals surface area contributed by atoms with E-state index in [1.807, 2.05) is 0 Å². The summed E-state index contributed by atoms with van der Waals surface area (Å²) in [5.41, 5.74) is 2.17. The van der Waals surface area contributed by atoms with E-state index in [2.05, 4.69) is 20.1 Å². The van der Waals surface area contributed by atoms with Crippen LogP contribution in [-0.2, 0) is 47.4 Å². The van der Waals surface area contributed by atoms with Crippen molar-refractivity contribution in [3.63, 3.8) is 0 Å². The molecule has 10 heterocycles. The molecule has 10 aliphatic heterocycles. The minimum absolute atomic E-state index is 0.0260. The van der Waals surface area contributed by atoms with E-state index < -0.39 is 24.1 Å². The maximum absolute atomic E-state index is 14.0. The Bertz CT molecular complexity index is 1370. The van der Waals surface area contributed by atoms with Crippen LogP contribution in [0, 0.1) is 11.8 Å². The molecule has 0 amide bonds. The van der Waals surface area contributed by atoms with Crippen molar-refractivity contribution in [3.05, 3.63) is 24.3 Å². The first-order valence-corrected chi connectivity index (χ1v) is 20.1. The van der Waals surface area contributed by atoms with E-state index in [1.165, 1.54) is 0 Å². The molecule has 1 spiro atoms. The fraction of sp³-hybridized carbons (Fsp3) is 0.875. The average molecular weight is 731 g/mol. The molecule has 0 aromatic heterocycles. The summed E-state index contributed by atoms with van der Waals surface area (Å²) in [6, 6.07) is 0. The van der Waals surface area contributed by atoms with E-state index in [0.29, 0.717) is 25.7 Å². The monoisotopic (exact) mass is 730 g/mol. The maximum Gasteiger partial charge on any atom is 0.172 e. The predicted octanol–water partition coefficient (Wildman–Crippen LogP) is 3.47. The van der Waals surface area contributed by atoms with Crippen molar-refractivity contribution < 1.29 is 57.6 Å². The zero-order chi connectivity index (χ0) is 35.9. The highest BCUT2D eigenvalue weighted by atomic mass is 16.8. The quantitative estimate of drug-likeness (QED) is 0.410. The van der Waals surface area contributed by atoms with Crippen molar-refractivity contribution >= 4 is 5.78 Å². The minimum Gasteiger partial charge on any atom is -0.394 e. The van der Waals surface area contributed by atoms with Gasteiger partial charge in [-0.15, -0.1) is 0 Å². The number of carbonyl (C=O) groups excluding carboxylic acids is 1. The highest BCUT2D eigenvalue weighted by Gasteiger charge is 2.68. The molecule has 10 fully saturated rings. The van der Waals surface area contributed by atoms with Crippen LogP contribution in [0.1, 0.15) is 90.4 Å². The largest absolute Gasteiger partial charge is 0.394 e. The Morgan fingerprint density at radius 3 is 2.37 bits per heavy atom. The summed E-state index contributed by atoms with van der Waals surface area (Å²) in [6.07, 6.45) is 4.01. The minimum atomic E-state index is -0.951. The normalized spacial score (nSPS) is 52.4. The van der Waals surface area contributed by atoms with Crippen LogP contribution in [0.5, 0.6) is 0 Å². The molecular formula is C40H58O12. The number of ether oxygens (including phenoxy) is 9.